The Bertz CT molecular complexity index is 449. The van der Waals surface area contributed by atoms with Gasteiger partial charge in [-0.25, -0.2) is 10.7 Å². The Kier molecular flexibility index (Phi) is 6.44. The zero-order valence-electron chi connectivity index (χ0n) is 10.7. The number of amidine groups is 1. The van der Waals surface area contributed by atoms with Gasteiger partial charge in [0.2, 0.25) is 0 Å². The lowest BCUT2D eigenvalue weighted by atomic mass is 10.2. The van der Waals surface area contributed by atoms with E-state index in [-0.39, 0.29) is 19.0 Å². The van der Waals surface area contributed by atoms with Crippen LogP contribution >= 0.6 is 0 Å². The molecule has 0 aromatic heterocycles. The van der Waals surface area contributed by atoms with Crippen LogP contribution in [0.15, 0.2) is 24.3 Å². The minimum Gasteiger partial charge on any atom is -0.491 e. The van der Waals surface area contributed by atoms with Crippen molar-refractivity contribution in [1.82, 2.24) is 5.32 Å². The topological polar surface area (TPSA) is 138 Å². The third kappa shape index (κ3) is 5.22. The lowest BCUT2D eigenvalue weighted by Gasteiger charge is -2.14. The number of aliphatic hydroxyl groups excluding tert-OH is 1. The molecule has 1 aromatic rings. The van der Waals surface area contributed by atoms with Crippen LogP contribution in [0.3, 0.4) is 0 Å². The first-order chi connectivity index (χ1) is 9.56. The molecule has 8 heteroatoms. The normalized spacial score (nSPS) is 11.7. The number of aliphatic hydroxyl groups is 1. The maximum atomic E-state index is 10.4. The molecule has 0 aliphatic heterocycles. The van der Waals surface area contributed by atoms with Crippen LogP contribution in [0.2, 0.25) is 0 Å². The molecule has 1 amide bonds. The van der Waals surface area contributed by atoms with Gasteiger partial charge in [0.1, 0.15) is 24.3 Å². The van der Waals surface area contributed by atoms with Crippen molar-refractivity contribution in [1.29, 1.82) is 5.41 Å². The molecule has 0 spiro atoms. The van der Waals surface area contributed by atoms with Gasteiger partial charge < -0.3 is 14.9 Å². The summed E-state index contributed by atoms with van der Waals surface area (Å²) in [5.74, 6) is 5.36. The van der Waals surface area contributed by atoms with E-state index in [9.17, 15) is 4.79 Å². The molecular weight excluding hydrogens is 266 g/mol. The molecule has 1 atom stereocenters. The summed E-state index contributed by atoms with van der Waals surface area (Å²) in [5, 5.41) is 26.7. The molecule has 1 unspecified atom stereocenters. The average molecular weight is 283 g/mol. The van der Waals surface area contributed by atoms with Crippen molar-refractivity contribution in [3.63, 3.8) is 0 Å². The predicted molar refractivity (Wildman–Crippen MR) is 70.7 cm³/mol. The third-order valence-corrected chi connectivity index (χ3v) is 2.45. The van der Waals surface area contributed by atoms with E-state index in [0.29, 0.717) is 17.7 Å². The van der Waals surface area contributed by atoms with Gasteiger partial charge in [-0.1, -0.05) is 0 Å². The number of amides is 1. The minimum absolute atomic E-state index is 0.0534. The standard InChI is InChI=1S/C12H17N3O5/c13-11(15-12(17)18)8-1-3-9(4-2-8)19-7-10(20-14)5-6-16/h1-4,10,16H,5-7,14H2,(H2,13,15)(H,17,18). The molecule has 0 radical (unpaired) electrons. The highest BCUT2D eigenvalue weighted by Gasteiger charge is 2.09. The summed E-state index contributed by atoms with van der Waals surface area (Å²) in [6.45, 7) is 0.128. The highest BCUT2D eigenvalue weighted by atomic mass is 16.6. The monoisotopic (exact) mass is 283 g/mol. The molecule has 0 heterocycles. The van der Waals surface area contributed by atoms with Crippen LogP contribution < -0.4 is 16.0 Å². The fourth-order valence-corrected chi connectivity index (χ4v) is 1.42. The van der Waals surface area contributed by atoms with E-state index in [2.05, 4.69) is 4.84 Å². The number of rotatable bonds is 7. The van der Waals surface area contributed by atoms with Crippen molar-refractivity contribution < 1.29 is 24.6 Å². The van der Waals surface area contributed by atoms with Gasteiger partial charge in [-0.2, -0.15) is 0 Å². The van der Waals surface area contributed by atoms with Crippen molar-refractivity contribution in [2.24, 2.45) is 5.90 Å². The van der Waals surface area contributed by atoms with Crippen LogP contribution in [0, 0.1) is 5.41 Å². The predicted octanol–water partition coefficient (Wildman–Crippen LogP) is 0.300. The van der Waals surface area contributed by atoms with Crippen LogP contribution in [0.5, 0.6) is 5.75 Å². The van der Waals surface area contributed by atoms with Gasteiger partial charge in [-0.15, -0.1) is 0 Å². The summed E-state index contributed by atoms with van der Waals surface area (Å²) in [5.41, 5.74) is 0.418. The van der Waals surface area contributed by atoms with Crippen molar-refractivity contribution in [3.05, 3.63) is 29.8 Å². The van der Waals surface area contributed by atoms with Crippen LogP contribution in [0.25, 0.3) is 0 Å². The van der Waals surface area contributed by atoms with Crippen LogP contribution in [0.4, 0.5) is 4.79 Å². The van der Waals surface area contributed by atoms with Gasteiger partial charge in [0.25, 0.3) is 0 Å². The lowest BCUT2D eigenvalue weighted by molar-refractivity contribution is 0.00491. The first-order valence-electron chi connectivity index (χ1n) is 5.85. The van der Waals surface area contributed by atoms with Crippen molar-refractivity contribution in [2.45, 2.75) is 12.5 Å². The molecule has 20 heavy (non-hydrogen) atoms. The van der Waals surface area contributed by atoms with Gasteiger partial charge in [0.15, 0.2) is 0 Å². The Hall–Kier alpha value is -2.16. The molecule has 0 aliphatic carbocycles. The molecule has 8 nitrogen and oxygen atoms in total. The second kappa shape index (κ2) is 8.10. The summed E-state index contributed by atoms with van der Waals surface area (Å²) < 4.78 is 5.40. The van der Waals surface area contributed by atoms with Gasteiger partial charge in [-0.05, 0) is 24.3 Å². The Morgan fingerprint density at radius 3 is 2.55 bits per heavy atom. The average Bonchev–Trinajstić information content (AvgIpc) is 2.43. The second-order valence-corrected chi connectivity index (χ2v) is 3.91. The smallest absolute Gasteiger partial charge is 0.410 e. The van der Waals surface area contributed by atoms with Gasteiger partial charge in [0.05, 0.1) is 0 Å². The molecular formula is C12H17N3O5. The van der Waals surface area contributed by atoms with Crippen molar-refractivity contribution >= 4 is 11.9 Å². The molecule has 6 N–H and O–H groups in total. The Morgan fingerprint density at radius 1 is 1.40 bits per heavy atom. The van der Waals surface area contributed by atoms with Gasteiger partial charge >= 0.3 is 6.09 Å². The summed E-state index contributed by atoms with van der Waals surface area (Å²) in [6, 6.07) is 6.30. The Labute approximate surface area is 115 Å². The minimum atomic E-state index is -1.29. The molecule has 0 aliphatic rings. The van der Waals surface area contributed by atoms with Crippen LogP contribution in [-0.2, 0) is 4.84 Å². The number of carboxylic acid groups (broad SMARTS) is 1. The summed E-state index contributed by atoms with van der Waals surface area (Å²) in [4.78, 5) is 15.0. The largest absolute Gasteiger partial charge is 0.491 e. The second-order valence-electron chi connectivity index (χ2n) is 3.91. The summed E-state index contributed by atoms with van der Waals surface area (Å²) in [7, 11) is 0. The van der Waals surface area contributed by atoms with Crippen molar-refractivity contribution in [3.8, 4) is 5.75 Å². The molecule has 0 saturated heterocycles. The fourth-order valence-electron chi connectivity index (χ4n) is 1.42. The lowest BCUT2D eigenvalue weighted by Crippen LogP contribution is -2.28. The quantitative estimate of drug-likeness (QED) is 0.277. The zero-order chi connectivity index (χ0) is 15.0. The van der Waals surface area contributed by atoms with Gasteiger partial charge in [0, 0.05) is 18.6 Å². The first kappa shape index (κ1) is 15.9. The number of nitrogens with two attached hydrogens (primary N) is 1. The van der Waals surface area contributed by atoms with E-state index in [1.807, 2.05) is 5.32 Å². The number of hydrogen-bond acceptors (Lipinski definition) is 6. The van der Waals surface area contributed by atoms with E-state index in [0.717, 1.165) is 0 Å². The number of ether oxygens (including phenoxy) is 1. The van der Waals surface area contributed by atoms with Crippen LogP contribution in [-0.4, -0.2) is 41.5 Å². The van der Waals surface area contributed by atoms with E-state index in [1.54, 1.807) is 24.3 Å². The highest BCUT2D eigenvalue weighted by Crippen LogP contribution is 2.13. The molecule has 0 fully saturated rings. The van der Waals surface area contributed by atoms with E-state index in [1.165, 1.54) is 0 Å². The first-order valence-corrected chi connectivity index (χ1v) is 5.85. The summed E-state index contributed by atoms with van der Waals surface area (Å²) >= 11 is 0. The Morgan fingerprint density at radius 2 is 2.05 bits per heavy atom. The maximum absolute atomic E-state index is 10.4. The van der Waals surface area contributed by atoms with E-state index < -0.39 is 12.2 Å². The zero-order valence-corrected chi connectivity index (χ0v) is 10.7. The molecule has 0 bridgehead atoms. The molecule has 1 rings (SSSR count). The number of nitrogens with one attached hydrogen (secondary N) is 2. The summed E-state index contributed by atoms with van der Waals surface area (Å²) in [6.07, 6.45) is -1.34. The number of carbonyl (C=O) groups is 1. The molecule has 1 aromatic carbocycles. The van der Waals surface area contributed by atoms with Gasteiger partial charge in [-0.3, -0.25) is 15.6 Å². The Balaban J connectivity index is 2.54. The number of benzene rings is 1. The maximum Gasteiger partial charge on any atom is 0.410 e. The van der Waals surface area contributed by atoms with Crippen LogP contribution in [0.1, 0.15) is 12.0 Å². The molecule has 0 saturated carbocycles. The highest BCUT2D eigenvalue weighted by molar-refractivity contribution is 6.04. The fraction of sp³-hybridized carbons (Fsp3) is 0.333. The third-order valence-electron chi connectivity index (χ3n) is 2.45. The molecule has 110 valence electrons. The number of hydrogen-bond donors (Lipinski definition) is 5. The SMILES string of the molecule is N=C(NC(=O)O)c1ccc(OCC(CCO)ON)cc1. The van der Waals surface area contributed by atoms with Crippen molar-refractivity contribution in [2.75, 3.05) is 13.2 Å². The van der Waals surface area contributed by atoms with E-state index >= 15 is 0 Å². The van der Waals surface area contributed by atoms with E-state index in [4.69, 9.17) is 26.3 Å².